The summed E-state index contributed by atoms with van der Waals surface area (Å²) in [6.07, 6.45) is 0. The van der Waals surface area contributed by atoms with Crippen LogP contribution in [-0.4, -0.2) is 10.3 Å². The van der Waals surface area contributed by atoms with Gasteiger partial charge in [-0.2, -0.15) is 0 Å². The number of hydrogen-bond donors (Lipinski definition) is 2. The van der Waals surface area contributed by atoms with E-state index >= 15 is 0 Å². The minimum Gasteiger partial charge on any atom is -0.381 e. The molecule has 2 heterocycles. The van der Waals surface area contributed by atoms with Crippen molar-refractivity contribution in [1.29, 1.82) is 0 Å². The summed E-state index contributed by atoms with van der Waals surface area (Å²) in [5.74, 6) is -2.43. The summed E-state index contributed by atoms with van der Waals surface area (Å²) in [4.78, 5) is 0. The zero-order chi connectivity index (χ0) is 31.2. The third kappa shape index (κ3) is 7.22. The van der Waals surface area contributed by atoms with Crippen molar-refractivity contribution in [3.63, 3.8) is 0 Å². The minimum absolute atomic E-state index is 0.146. The van der Waals surface area contributed by atoms with Gasteiger partial charge in [-0.15, -0.1) is 0 Å². The first-order chi connectivity index (χ1) is 21.9. The number of hydrogen-bond acceptors (Lipinski definition) is 7. The lowest BCUT2D eigenvalue weighted by atomic mass is 10.1. The summed E-state index contributed by atoms with van der Waals surface area (Å²) in [5.41, 5.74) is 4.84. The molecule has 0 saturated heterocycles. The molecule has 2 aromatic heterocycles. The van der Waals surface area contributed by atoms with Gasteiger partial charge in [0.2, 0.25) is 0 Å². The first-order valence-corrected chi connectivity index (χ1v) is 14.0. The van der Waals surface area contributed by atoms with Crippen LogP contribution in [0.5, 0.6) is 0 Å². The highest BCUT2D eigenvalue weighted by Gasteiger charge is 2.12. The highest BCUT2D eigenvalue weighted by atomic mass is 19.2. The molecule has 0 bridgehead atoms. The van der Waals surface area contributed by atoms with Gasteiger partial charge in [-0.25, -0.2) is 17.6 Å². The van der Waals surface area contributed by atoms with Crippen molar-refractivity contribution in [2.75, 3.05) is 10.6 Å². The van der Waals surface area contributed by atoms with Crippen molar-refractivity contribution >= 4 is 11.4 Å². The second-order valence-electron chi connectivity index (χ2n) is 10.1. The molecule has 0 atom stereocenters. The third-order valence-electron chi connectivity index (χ3n) is 7.00. The molecule has 11 heteroatoms. The van der Waals surface area contributed by atoms with Crippen molar-refractivity contribution in [2.24, 2.45) is 0 Å². The largest absolute Gasteiger partial charge is 0.381 e. The number of halogens is 4. The zero-order valence-electron chi connectivity index (χ0n) is 23.7. The minimum atomic E-state index is -0.877. The van der Waals surface area contributed by atoms with Gasteiger partial charge in [0.15, 0.2) is 34.8 Å². The van der Waals surface area contributed by atoms with Gasteiger partial charge >= 0.3 is 0 Å². The topological polar surface area (TPSA) is 85.4 Å². The molecule has 0 amide bonds. The quantitative estimate of drug-likeness (QED) is 0.134. The lowest BCUT2D eigenvalue weighted by Crippen LogP contribution is -2.03. The second-order valence-corrected chi connectivity index (χ2v) is 10.1. The summed E-state index contributed by atoms with van der Waals surface area (Å²) in [6, 6.07) is 26.4. The van der Waals surface area contributed by atoms with Crippen molar-refractivity contribution in [1.82, 2.24) is 10.3 Å². The Balaban J connectivity index is 0.969. The molecule has 2 N–H and O–H groups in total. The van der Waals surface area contributed by atoms with E-state index in [1.165, 1.54) is 24.3 Å². The molecule has 7 nitrogen and oxygen atoms in total. The Bertz CT molecular complexity index is 1750. The Morgan fingerprint density at radius 1 is 0.556 bits per heavy atom. The number of aromatic nitrogens is 2. The van der Waals surface area contributed by atoms with Crippen LogP contribution in [0.4, 0.5) is 28.9 Å². The van der Waals surface area contributed by atoms with E-state index in [0.29, 0.717) is 22.9 Å². The van der Waals surface area contributed by atoms with Crippen molar-refractivity contribution in [3.05, 3.63) is 143 Å². The maximum absolute atomic E-state index is 13.9. The van der Waals surface area contributed by atoms with E-state index in [-0.39, 0.29) is 37.4 Å². The number of nitrogens with one attached hydrogen (secondary N) is 2. The SMILES string of the molecule is Fc1cccc(CNc2ccc(-c3cc(COCc4cc(-c5ccc(NCc6cccc(F)c6F)cc5)no4)on3)cc2)c1F. The molecule has 6 aromatic rings. The normalized spacial score (nSPS) is 11.1. The fourth-order valence-electron chi connectivity index (χ4n) is 4.57. The van der Waals surface area contributed by atoms with Gasteiger partial charge in [0.1, 0.15) is 24.6 Å². The number of ether oxygens (including phenoxy) is 1. The summed E-state index contributed by atoms with van der Waals surface area (Å²) < 4.78 is 71.1. The predicted octanol–water partition coefficient (Wildman–Crippen LogP) is 8.49. The molecule has 0 aliphatic carbocycles. The van der Waals surface area contributed by atoms with Gasteiger partial charge in [-0.1, -0.05) is 58.8 Å². The van der Waals surface area contributed by atoms with Crippen LogP contribution in [0.2, 0.25) is 0 Å². The number of anilines is 2. The molecule has 6 rings (SSSR count). The van der Waals surface area contributed by atoms with Crippen LogP contribution >= 0.6 is 0 Å². The van der Waals surface area contributed by atoms with E-state index in [1.807, 2.05) is 48.5 Å². The predicted molar refractivity (Wildman–Crippen MR) is 160 cm³/mol. The maximum atomic E-state index is 13.9. The molecule has 45 heavy (non-hydrogen) atoms. The smallest absolute Gasteiger partial charge is 0.163 e. The molecule has 0 radical (unpaired) electrons. The Labute approximate surface area is 255 Å². The zero-order valence-corrected chi connectivity index (χ0v) is 23.7. The Morgan fingerprint density at radius 2 is 0.978 bits per heavy atom. The summed E-state index contributed by atoms with van der Waals surface area (Å²) >= 11 is 0. The number of nitrogens with zero attached hydrogens (tertiary/aromatic N) is 2. The van der Waals surface area contributed by atoms with Gasteiger partial charge in [0.25, 0.3) is 0 Å². The highest BCUT2D eigenvalue weighted by molar-refractivity contribution is 5.63. The molecule has 0 unspecified atom stereocenters. The molecule has 0 fully saturated rings. The molecule has 0 aliphatic heterocycles. The van der Waals surface area contributed by atoms with Crippen LogP contribution in [0.25, 0.3) is 22.5 Å². The van der Waals surface area contributed by atoms with E-state index in [2.05, 4.69) is 20.9 Å². The average Bonchev–Trinajstić information content (AvgIpc) is 3.73. The van der Waals surface area contributed by atoms with Gasteiger partial charge in [0, 0.05) is 58.9 Å². The van der Waals surface area contributed by atoms with Crippen LogP contribution in [0.15, 0.2) is 106 Å². The van der Waals surface area contributed by atoms with Crippen LogP contribution in [0.3, 0.4) is 0 Å². The average molecular weight is 615 g/mol. The lowest BCUT2D eigenvalue weighted by Gasteiger charge is -2.08. The van der Waals surface area contributed by atoms with Gasteiger partial charge in [0.05, 0.1) is 0 Å². The molecule has 228 valence electrons. The molecular weight excluding hydrogens is 588 g/mol. The van der Waals surface area contributed by atoms with Crippen LogP contribution in [0.1, 0.15) is 22.6 Å². The number of rotatable bonds is 12. The van der Waals surface area contributed by atoms with E-state index in [4.69, 9.17) is 13.8 Å². The van der Waals surface area contributed by atoms with Crippen LogP contribution in [-0.2, 0) is 31.0 Å². The first-order valence-electron chi connectivity index (χ1n) is 14.0. The van der Waals surface area contributed by atoms with E-state index in [0.717, 1.165) is 34.6 Å². The summed E-state index contributed by atoms with van der Waals surface area (Å²) in [5, 5.41) is 14.4. The van der Waals surface area contributed by atoms with Gasteiger partial charge in [-0.05, 0) is 36.4 Å². The van der Waals surface area contributed by atoms with Crippen molar-refractivity contribution in [3.8, 4) is 22.5 Å². The van der Waals surface area contributed by atoms with Crippen LogP contribution in [0, 0.1) is 23.3 Å². The Hall–Kier alpha value is -5.42. The monoisotopic (exact) mass is 614 g/mol. The summed E-state index contributed by atoms with van der Waals surface area (Å²) in [7, 11) is 0. The molecule has 0 spiro atoms. The van der Waals surface area contributed by atoms with E-state index in [9.17, 15) is 17.6 Å². The highest BCUT2D eigenvalue weighted by Crippen LogP contribution is 2.25. The van der Waals surface area contributed by atoms with Gasteiger partial charge in [-0.3, -0.25) is 0 Å². The maximum Gasteiger partial charge on any atom is 0.163 e. The summed E-state index contributed by atoms with van der Waals surface area (Å²) in [6.45, 7) is 0.614. The number of benzene rings is 4. The second kappa shape index (κ2) is 13.5. The molecular formula is C34H26F4N4O3. The fourth-order valence-corrected chi connectivity index (χ4v) is 4.57. The van der Waals surface area contributed by atoms with Crippen molar-refractivity contribution < 1.29 is 31.3 Å². The van der Waals surface area contributed by atoms with E-state index < -0.39 is 23.3 Å². The Kier molecular flexibility index (Phi) is 8.88. The van der Waals surface area contributed by atoms with Gasteiger partial charge < -0.3 is 24.4 Å². The van der Waals surface area contributed by atoms with E-state index in [1.54, 1.807) is 12.1 Å². The molecule has 0 aliphatic rings. The Morgan fingerprint density at radius 3 is 1.40 bits per heavy atom. The molecule has 0 saturated carbocycles. The molecule has 4 aromatic carbocycles. The third-order valence-corrected chi connectivity index (χ3v) is 7.00. The van der Waals surface area contributed by atoms with Crippen molar-refractivity contribution in [2.45, 2.75) is 26.3 Å². The fraction of sp³-hybridized carbons (Fsp3) is 0.118. The standard InChI is InChI=1S/C34H26F4N4O3/c35-29-5-1-3-23(33(29)37)17-39-25-11-7-21(8-12-25)31-15-27(44-41-31)19-43-20-28-16-32(42-45-28)22-9-13-26(14-10-22)40-18-24-4-2-6-30(36)34(24)38/h1-16,39-40H,17-20H2. The first kappa shape index (κ1) is 29.6. The van der Waals surface area contributed by atoms with Crippen LogP contribution < -0.4 is 10.6 Å². The lowest BCUT2D eigenvalue weighted by molar-refractivity contribution is 0.0727.